The molecule has 17 heavy (non-hydrogen) atoms. The zero-order valence-corrected chi connectivity index (χ0v) is 9.22. The van der Waals surface area contributed by atoms with E-state index >= 15 is 0 Å². The van der Waals surface area contributed by atoms with Gasteiger partial charge in [-0.1, -0.05) is 6.07 Å². The summed E-state index contributed by atoms with van der Waals surface area (Å²) in [4.78, 5) is 4.23. The summed E-state index contributed by atoms with van der Waals surface area (Å²) < 4.78 is 0. The Morgan fingerprint density at radius 2 is 1.94 bits per heavy atom. The lowest BCUT2D eigenvalue weighted by molar-refractivity contribution is 1.05. The highest BCUT2D eigenvalue weighted by molar-refractivity contribution is 5.57. The third-order valence-electron chi connectivity index (χ3n) is 2.35. The number of nitriles is 1. The first kappa shape index (κ1) is 11.1. The maximum atomic E-state index is 8.68. The van der Waals surface area contributed by atoms with E-state index in [0.29, 0.717) is 12.1 Å². The summed E-state index contributed by atoms with van der Waals surface area (Å²) in [6.07, 6.45) is 1.74. The van der Waals surface area contributed by atoms with Gasteiger partial charge < -0.3 is 11.1 Å². The van der Waals surface area contributed by atoms with Crippen molar-refractivity contribution in [3.8, 4) is 6.07 Å². The number of hydrogen-bond acceptors (Lipinski definition) is 4. The van der Waals surface area contributed by atoms with Crippen molar-refractivity contribution >= 4 is 11.5 Å². The number of rotatable bonds is 3. The first-order chi connectivity index (χ1) is 8.31. The molecule has 0 saturated heterocycles. The summed E-state index contributed by atoms with van der Waals surface area (Å²) in [5.41, 5.74) is 8.03. The fourth-order valence-electron chi connectivity index (χ4n) is 1.40. The van der Waals surface area contributed by atoms with Crippen LogP contribution in [-0.4, -0.2) is 4.98 Å². The molecule has 0 amide bonds. The van der Waals surface area contributed by atoms with E-state index in [9.17, 15) is 0 Å². The third kappa shape index (κ3) is 2.80. The maximum absolute atomic E-state index is 8.68. The Morgan fingerprint density at radius 3 is 2.47 bits per heavy atom. The van der Waals surface area contributed by atoms with Gasteiger partial charge in [-0.05, 0) is 35.9 Å². The summed E-state index contributed by atoms with van der Waals surface area (Å²) in [6, 6.07) is 13.1. The van der Waals surface area contributed by atoms with E-state index in [1.165, 1.54) is 0 Å². The van der Waals surface area contributed by atoms with Gasteiger partial charge in [0.15, 0.2) is 0 Å². The maximum Gasteiger partial charge on any atom is 0.130 e. The average Bonchev–Trinajstić information content (AvgIpc) is 2.40. The van der Waals surface area contributed by atoms with Gasteiger partial charge in [-0.15, -0.1) is 0 Å². The van der Waals surface area contributed by atoms with Crippen molar-refractivity contribution in [2.45, 2.75) is 6.54 Å². The average molecular weight is 224 g/mol. The monoisotopic (exact) mass is 224 g/mol. The van der Waals surface area contributed by atoms with Gasteiger partial charge in [0.1, 0.15) is 5.82 Å². The predicted molar refractivity (Wildman–Crippen MR) is 66.6 cm³/mol. The zero-order chi connectivity index (χ0) is 12.1. The molecule has 0 aliphatic heterocycles. The molecule has 4 heteroatoms. The lowest BCUT2D eigenvalue weighted by atomic mass is 10.2. The SMILES string of the molecule is N#Cc1ccc(Nc2ccc(CN)cn2)cc1. The van der Waals surface area contributed by atoms with Crippen LogP contribution in [0, 0.1) is 11.3 Å². The Balaban J connectivity index is 2.11. The first-order valence-corrected chi connectivity index (χ1v) is 5.24. The Morgan fingerprint density at radius 1 is 1.18 bits per heavy atom. The largest absolute Gasteiger partial charge is 0.340 e. The fraction of sp³-hybridized carbons (Fsp3) is 0.0769. The van der Waals surface area contributed by atoms with Crippen LogP contribution in [0.15, 0.2) is 42.6 Å². The molecule has 2 aromatic rings. The zero-order valence-electron chi connectivity index (χ0n) is 9.22. The minimum Gasteiger partial charge on any atom is -0.340 e. The molecule has 1 aromatic heterocycles. The lowest BCUT2D eigenvalue weighted by Gasteiger charge is -2.05. The molecule has 0 unspecified atom stereocenters. The van der Waals surface area contributed by atoms with E-state index in [2.05, 4.69) is 16.4 Å². The van der Waals surface area contributed by atoms with Crippen molar-refractivity contribution < 1.29 is 0 Å². The molecule has 3 N–H and O–H groups in total. The summed E-state index contributed by atoms with van der Waals surface area (Å²) >= 11 is 0. The summed E-state index contributed by atoms with van der Waals surface area (Å²) in [6.45, 7) is 0.490. The van der Waals surface area contributed by atoms with Gasteiger partial charge in [-0.3, -0.25) is 0 Å². The smallest absolute Gasteiger partial charge is 0.130 e. The van der Waals surface area contributed by atoms with E-state index in [-0.39, 0.29) is 0 Å². The molecular weight excluding hydrogens is 212 g/mol. The van der Waals surface area contributed by atoms with Crippen LogP contribution in [0.1, 0.15) is 11.1 Å². The Hall–Kier alpha value is -2.38. The van der Waals surface area contributed by atoms with Crippen molar-refractivity contribution in [3.05, 3.63) is 53.7 Å². The molecule has 0 fully saturated rings. The molecule has 0 atom stereocenters. The van der Waals surface area contributed by atoms with E-state index in [0.717, 1.165) is 17.1 Å². The van der Waals surface area contributed by atoms with Gasteiger partial charge in [0.2, 0.25) is 0 Å². The van der Waals surface area contributed by atoms with Crippen LogP contribution in [0.25, 0.3) is 0 Å². The van der Waals surface area contributed by atoms with Crippen LogP contribution in [0.3, 0.4) is 0 Å². The minimum atomic E-state index is 0.490. The van der Waals surface area contributed by atoms with Crippen LogP contribution in [0.2, 0.25) is 0 Å². The van der Waals surface area contributed by atoms with Crippen molar-refractivity contribution in [3.63, 3.8) is 0 Å². The van der Waals surface area contributed by atoms with Gasteiger partial charge in [0.25, 0.3) is 0 Å². The summed E-state index contributed by atoms with van der Waals surface area (Å²) in [7, 11) is 0. The van der Waals surface area contributed by atoms with Crippen molar-refractivity contribution in [2.24, 2.45) is 5.73 Å². The molecule has 0 radical (unpaired) electrons. The highest BCUT2D eigenvalue weighted by Crippen LogP contribution is 2.15. The molecule has 0 aliphatic carbocycles. The van der Waals surface area contributed by atoms with Gasteiger partial charge >= 0.3 is 0 Å². The lowest BCUT2D eigenvalue weighted by Crippen LogP contribution is -1.98. The molecular formula is C13H12N4. The Kier molecular flexibility index (Phi) is 3.34. The number of aromatic nitrogens is 1. The summed E-state index contributed by atoms with van der Waals surface area (Å²) in [5, 5.41) is 11.8. The van der Waals surface area contributed by atoms with Crippen molar-refractivity contribution in [1.29, 1.82) is 5.26 Å². The van der Waals surface area contributed by atoms with Crippen LogP contribution in [0.4, 0.5) is 11.5 Å². The summed E-state index contributed by atoms with van der Waals surface area (Å²) in [5.74, 6) is 0.756. The van der Waals surface area contributed by atoms with Gasteiger partial charge in [0, 0.05) is 18.4 Å². The van der Waals surface area contributed by atoms with Crippen LogP contribution in [-0.2, 0) is 6.54 Å². The molecule has 0 saturated carbocycles. The quantitative estimate of drug-likeness (QED) is 0.837. The number of pyridine rings is 1. The number of nitrogens with two attached hydrogens (primary N) is 1. The van der Waals surface area contributed by atoms with Crippen LogP contribution in [0.5, 0.6) is 0 Å². The number of hydrogen-bond donors (Lipinski definition) is 2. The second kappa shape index (κ2) is 5.10. The molecule has 1 aromatic carbocycles. The van der Waals surface area contributed by atoms with E-state index in [1.807, 2.05) is 24.3 Å². The highest BCUT2D eigenvalue weighted by atomic mass is 15.0. The molecule has 0 aliphatic rings. The molecule has 1 heterocycles. The Bertz CT molecular complexity index is 523. The molecule has 4 nitrogen and oxygen atoms in total. The predicted octanol–water partition coefficient (Wildman–Crippen LogP) is 2.16. The van der Waals surface area contributed by atoms with E-state index in [1.54, 1.807) is 18.3 Å². The fourth-order valence-corrected chi connectivity index (χ4v) is 1.40. The van der Waals surface area contributed by atoms with Gasteiger partial charge in [0.05, 0.1) is 11.6 Å². The number of benzene rings is 1. The third-order valence-corrected chi connectivity index (χ3v) is 2.35. The second-order valence-electron chi connectivity index (χ2n) is 3.57. The number of nitrogens with one attached hydrogen (secondary N) is 1. The minimum absolute atomic E-state index is 0.490. The molecule has 0 bridgehead atoms. The van der Waals surface area contributed by atoms with E-state index in [4.69, 9.17) is 11.0 Å². The number of nitrogens with zero attached hydrogens (tertiary/aromatic N) is 2. The second-order valence-corrected chi connectivity index (χ2v) is 3.57. The van der Waals surface area contributed by atoms with Crippen molar-refractivity contribution in [1.82, 2.24) is 4.98 Å². The first-order valence-electron chi connectivity index (χ1n) is 5.24. The number of anilines is 2. The van der Waals surface area contributed by atoms with Gasteiger partial charge in [-0.25, -0.2) is 4.98 Å². The Labute approximate surface area is 99.7 Å². The molecule has 0 spiro atoms. The van der Waals surface area contributed by atoms with E-state index < -0.39 is 0 Å². The molecule has 2 rings (SSSR count). The van der Waals surface area contributed by atoms with Crippen LogP contribution < -0.4 is 11.1 Å². The van der Waals surface area contributed by atoms with Crippen molar-refractivity contribution in [2.75, 3.05) is 5.32 Å². The van der Waals surface area contributed by atoms with Gasteiger partial charge in [-0.2, -0.15) is 5.26 Å². The topological polar surface area (TPSA) is 74.7 Å². The molecule has 84 valence electrons. The standard InChI is InChI=1S/C13H12N4/c14-7-10-1-4-12(5-2-10)17-13-6-3-11(8-15)9-16-13/h1-6,9H,8,15H2,(H,16,17). The van der Waals surface area contributed by atoms with Crippen LogP contribution >= 0.6 is 0 Å². The highest BCUT2D eigenvalue weighted by Gasteiger charge is 1.97. The normalized spacial score (nSPS) is 9.65.